The first-order valence-electron chi connectivity index (χ1n) is 5.92. The van der Waals surface area contributed by atoms with Gasteiger partial charge in [-0.2, -0.15) is 0 Å². The van der Waals surface area contributed by atoms with Crippen LogP contribution in [0.3, 0.4) is 0 Å². The second kappa shape index (κ2) is 5.90. The van der Waals surface area contributed by atoms with Crippen molar-refractivity contribution in [2.45, 2.75) is 19.4 Å². The predicted octanol–water partition coefficient (Wildman–Crippen LogP) is 1.81. The Morgan fingerprint density at radius 2 is 2.05 bits per heavy atom. The van der Waals surface area contributed by atoms with Crippen molar-refractivity contribution in [1.29, 1.82) is 0 Å². The Kier molecular flexibility index (Phi) is 4.02. The monoisotopic (exact) mass is 258 g/mol. The van der Waals surface area contributed by atoms with Crippen LogP contribution in [0.1, 0.15) is 13.3 Å². The third-order valence-corrected chi connectivity index (χ3v) is 2.64. The molecule has 6 nitrogen and oxygen atoms in total. The lowest BCUT2D eigenvalue weighted by molar-refractivity contribution is -0.137. The number of rotatable bonds is 5. The standard InChI is InChI=1S/C13H14N4O2/c1-2-10(13(18)19)16-12-8-15-7-11(17-12)9-3-5-14-6-4-9/h3-8,10H,2H2,1H3,(H,16,17)(H,18,19). The average molecular weight is 258 g/mol. The van der Waals surface area contributed by atoms with Crippen LogP contribution in [0, 0.1) is 0 Å². The van der Waals surface area contributed by atoms with Crippen LogP contribution >= 0.6 is 0 Å². The summed E-state index contributed by atoms with van der Waals surface area (Å²) in [6.07, 6.45) is 6.95. The fraction of sp³-hybridized carbons (Fsp3) is 0.231. The fourth-order valence-electron chi connectivity index (χ4n) is 1.61. The van der Waals surface area contributed by atoms with Crippen LogP contribution in [-0.4, -0.2) is 32.1 Å². The lowest BCUT2D eigenvalue weighted by Crippen LogP contribution is -2.28. The highest BCUT2D eigenvalue weighted by Gasteiger charge is 2.15. The van der Waals surface area contributed by atoms with E-state index in [-0.39, 0.29) is 0 Å². The van der Waals surface area contributed by atoms with Gasteiger partial charge in [0.15, 0.2) is 0 Å². The minimum absolute atomic E-state index is 0.448. The van der Waals surface area contributed by atoms with E-state index in [0.717, 1.165) is 5.56 Å². The molecule has 98 valence electrons. The van der Waals surface area contributed by atoms with Crippen LogP contribution in [0.4, 0.5) is 5.82 Å². The molecule has 1 unspecified atom stereocenters. The van der Waals surface area contributed by atoms with E-state index < -0.39 is 12.0 Å². The molecule has 0 fully saturated rings. The molecule has 0 saturated carbocycles. The first-order chi connectivity index (χ1) is 9.20. The van der Waals surface area contributed by atoms with Crippen LogP contribution < -0.4 is 5.32 Å². The van der Waals surface area contributed by atoms with Gasteiger partial charge in [-0.25, -0.2) is 9.78 Å². The van der Waals surface area contributed by atoms with Crippen LogP contribution in [0.25, 0.3) is 11.3 Å². The minimum Gasteiger partial charge on any atom is -0.480 e. The Labute approximate surface area is 110 Å². The third kappa shape index (κ3) is 3.25. The average Bonchev–Trinajstić information content (AvgIpc) is 2.45. The molecule has 2 aromatic rings. The van der Waals surface area contributed by atoms with Gasteiger partial charge in [0, 0.05) is 18.0 Å². The number of aromatic nitrogens is 3. The normalized spacial score (nSPS) is 11.8. The quantitative estimate of drug-likeness (QED) is 0.850. The second-order valence-electron chi connectivity index (χ2n) is 3.97. The summed E-state index contributed by atoms with van der Waals surface area (Å²) in [5.74, 6) is -0.456. The Hall–Kier alpha value is -2.50. The number of nitrogens with one attached hydrogen (secondary N) is 1. The van der Waals surface area contributed by atoms with E-state index >= 15 is 0 Å². The van der Waals surface area contributed by atoms with Crippen molar-refractivity contribution in [2.24, 2.45) is 0 Å². The molecule has 0 spiro atoms. The molecule has 0 aliphatic carbocycles. The molecule has 0 bridgehead atoms. The molecule has 0 aliphatic heterocycles. The van der Waals surface area contributed by atoms with Crippen molar-refractivity contribution in [3.8, 4) is 11.3 Å². The van der Waals surface area contributed by atoms with Crippen molar-refractivity contribution < 1.29 is 9.90 Å². The van der Waals surface area contributed by atoms with Gasteiger partial charge in [0.1, 0.15) is 11.9 Å². The molecule has 0 aliphatic rings. The molecule has 2 heterocycles. The van der Waals surface area contributed by atoms with E-state index in [9.17, 15) is 4.79 Å². The lowest BCUT2D eigenvalue weighted by atomic mass is 10.2. The molecule has 6 heteroatoms. The zero-order valence-electron chi connectivity index (χ0n) is 10.4. The van der Waals surface area contributed by atoms with Gasteiger partial charge in [-0.15, -0.1) is 0 Å². The molecule has 19 heavy (non-hydrogen) atoms. The van der Waals surface area contributed by atoms with Gasteiger partial charge < -0.3 is 10.4 Å². The number of carbonyl (C=O) groups is 1. The summed E-state index contributed by atoms with van der Waals surface area (Å²) < 4.78 is 0. The SMILES string of the molecule is CCC(Nc1cncc(-c2ccncc2)n1)C(=O)O. The molecule has 2 aromatic heterocycles. The van der Waals surface area contributed by atoms with Gasteiger partial charge in [0.2, 0.25) is 0 Å². The number of carboxylic acid groups (broad SMARTS) is 1. The number of nitrogens with zero attached hydrogens (tertiary/aromatic N) is 3. The molecule has 0 amide bonds. The van der Waals surface area contributed by atoms with E-state index in [1.165, 1.54) is 6.20 Å². The first kappa shape index (κ1) is 12.9. The second-order valence-corrected chi connectivity index (χ2v) is 3.97. The molecule has 2 rings (SSSR count). The van der Waals surface area contributed by atoms with E-state index in [1.54, 1.807) is 25.5 Å². The van der Waals surface area contributed by atoms with Gasteiger partial charge in [-0.1, -0.05) is 6.92 Å². The highest BCUT2D eigenvalue weighted by molar-refractivity contribution is 5.76. The molecule has 0 radical (unpaired) electrons. The number of pyridine rings is 1. The molecule has 2 N–H and O–H groups in total. The summed E-state index contributed by atoms with van der Waals surface area (Å²) >= 11 is 0. The maximum absolute atomic E-state index is 11.0. The van der Waals surface area contributed by atoms with Gasteiger partial charge in [0.25, 0.3) is 0 Å². The zero-order valence-corrected chi connectivity index (χ0v) is 10.4. The molecule has 0 aromatic carbocycles. The Bertz CT molecular complexity index is 560. The van der Waals surface area contributed by atoms with Crippen molar-refractivity contribution in [3.05, 3.63) is 36.9 Å². The third-order valence-electron chi connectivity index (χ3n) is 2.64. The van der Waals surface area contributed by atoms with Gasteiger partial charge in [0.05, 0.1) is 18.1 Å². The molecule has 1 atom stereocenters. The first-order valence-corrected chi connectivity index (χ1v) is 5.92. The van der Waals surface area contributed by atoms with Crippen molar-refractivity contribution >= 4 is 11.8 Å². The lowest BCUT2D eigenvalue weighted by Gasteiger charge is -2.13. The smallest absolute Gasteiger partial charge is 0.326 e. The summed E-state index contributed by atoms with van der Waals surface area (Å²) in [4.78, 5) is 23.3. The number of anilines is 1. The maximum Gasteiger partial charge on any atom is 0.326 e. The number of carboxylic acids is 1. The van der Waals surface area contributed by atoms with Crippen LogP contribution in [-0.2, 0) is 4.79 Å². The van der Waals surface area contributed by atoms with Gasteiger partial charge in [-0.3, -0.25) is 9.97 Å². The number of hydrogen-bond donors (Lipinski definition) is 2. The summed E-state index contributed by atoms with van der Waals surface area (Å²) in [6.45, 7) is 1.80. The molecular formula is C13H14N4O2. The molecular weight excluding hydrogens is 244 g/mol. The topological polar surface area (TPSA) is 88.0 Å². The van der Waals surface area contributed by atoms with Gasteiger partial charge >= 0.3 is 5.97 Å². The highest BCUT2D eigenvalue weighted by atomic mass is 16.4. The van der Waals surface area contributed by atoms with E-state index in [0.29, 0.717) is 17.9 Å². The number of hydrogen-bond acceptors (Lipinski definition) is 5. The Morgan fingerprint density at radius 1 is 1.32 bits per heavy atom. The van der Waals surface area contributed by atoms with E-state index in [4.69, 9.17) is 5.11 Å². The van der Waals surface area contributed by atoms with Crippen LogP contribution in [0.2, 0.25) is 0 Å². The van der Waals surface area contributed by atoms with Crippen LogP contribution in [0.15, 0.2) is 36.9 Å². The Morgan fingerprint density at radius 3 is 2.68 bits per heavy atom. The maximum atomic E-state index is 11.0. The summed E-state index contributed by atoms with van der Waals surface area (Å²) in [5, 5.41) is 11.9. The van der Waals surface area contributed by atoms with Crippen molar-refractivity contribution in [3.63, 3.8) is 0 Å². The van der Waals surface area contributed by atoms with Crippen molar-refractivity contribution in [1.82, 2.24) is 15.0 Å². The largest absolute Gasteiger partial charge is 0.480 e. The summed E-state index contributed by atoms with van der Waals surface area (Å²) in [5.41, 5.74) is 1.56. The van der Waals surface area contributed by atoms with Crippen LogP contribution in [0.5, 0.6) is 0 Å². The number of aliphatic carboxylic acids is 1. The fourth-order valence-corrected chi connectivity index (χ4v) is 1.61. The Balaban J connectivity index is 2.23. The van der Waals surface area contributed by atoms with Crippen molar-refractivity contribution in [2.75, 3.05) is 5.32 Å². The van der Waals surface area contributed by atoms with E-state index in [1.807, 2.05) is 12.1 Å². The van der Waals surface area contributed by atoms with Gasteiger partial charge in [-0.05, 0) is 18.6 Å². The van der Waals surface area contributed by atoms with E-state index in [2.05, 4.69) is 20.3 Å². The summed E-state index contributed by atoms with van der Waals surface area (Å²) in [6, 6.07) is 2.98. The minimum atomic E-state index is -0.904. The highest BCUT2D eigenvalue weighted by Crippen LogP contribution is 2.16. The predicted molar refractivity (Wildman–Crippen MR) is 70.6 cm³/mol. The molecule has 0 saturated heterocycles. The zero-order chi connectivity index (χ0) is 13.7. The summed E-state index contributed by atoms with van der Waals surface area (Å²) in [7, 11) is 0.